The second kappa shape index (κ2) is 6.27. The molecule has 2 N–H and O–H groups in total. The van der Waals surface area contributed by atoms with Gasteiger partial charge in [-0.2, -0.15) is 0 Å². The lowest BCUT2D eigenvalue weighted by Gasteiger charge is -2.39. The number of halogens is 2. The van der Waals surface area contributed by atoms with Crippen LogP contribution in [-0.4, -0.2) is 0 Å². The van der Waals surface area contributed by atoms with Crippen LogP contribution in [-0.2, 0) is 5.41 Å². The molecule has 23 heavy (non-hydrogen) atoms. The van der Waals surface area contributed by atoms with Crippen LogP contribution in [0.4, 0.5) is 0 Å². The van der Waals surface area contributed by atoms with E-state index in [4.69, 9.17) is 28.9 Å². The van der Waals surface area contributed by atoms with E-state index < -0.39 is 5.41 Å². The second-order valence-corrected chi connectivity index (χ2v) is 6.53. The maximum absolute atomic E-state index is 6.37. The van der Waals surface area contributed by atoms with Gasteiger partial charge in [-0.25, -0.2) is 0 Å². The van der Waals surface area contributed by atoms with Crippen LogP contribution in [0.5, 0.6) is 0 Å². The van der Waals surface area contributed by atoms with Crippen LogP contribution >= 0.6 is 23.2 Å². The van der Waals surface area contributed by atoms with Gasteiger partial charge in [0.1, 0.15) is 0 Å². The summed E-state index contributed by atoms with van der Waals surface area (Å²) in [6.45, 7) is 4.09. The summed E-state index contributed by atoms with van der Waals surface area (Å²) in [6.07, 6.45) is 8.01. The number of benzene rings is 2. The highest BCUT2D eigenvalue weighted by molar-refractivity contribution is 6.30. The minimum atomic E-state index is -0.419. The number of allylic oxidation sites excluding steroid dienone is 5. The van der Waals surface area contributed by atoms with Crippen molar-refractivity contribution in [1.29, 1.82) is 0 Å². The van der Waals surface area contributed by atoms with E-state index in [9.17, 15) is 0 Å². The quantitative estimate of drug-likeness (QED) is 0.721. The standard InChI is InChI=1S/C20H17Cl2N/c1-2-20(15-7-11-17(22)12-8-15)13-3-4-18(23)19(20)14-5-9-16(21)10-6-14/h2-13,19H,1,23H2. The second-order valence-electron chi connectivity index (χ2n) is 5.65. The first-order valence-corrected chi connectivity index (χ1v) is 8.12. The summed E-state index contributed by atoms with van der Waals surface area (Å²) in [5.41, 5.74) is 8.95. The zero-order valence-electron chi connectivity index (χ0n) is 12.5. The minimum Gasteiger partial charge on any atom is -0.401 e. The number of hydrogen-bond donors (Lipinski definition) is 1. The van der Waals surface area contributed by atoms with Gasteiger partial charge in [0.2, 0.25) is 0 Å². The van der Waals surface area contributed by atoms with E-state index in [1.807, 2.05) is 66.8 Å². The van der Waals surface area contributed by atoms with E-state index in [-0.39, 0.29) is 5.92 Å². The largest absolute Gasteiger partial charge is 0.401 e. The van der Waals surface area contributed by atoms with Crippen molar-refractivity contribution >= 4 is 23.2 Å². The molecule has 0 amide bonds. The molecule has 2 aromatic rings. The van der Waals surface area contributed by atoms with E-state index in [0.29, 0.717) is 10.0 Å². The third-order valence-electron chi connectivity index (χ3n) is 4.36. The molecular weight excluding hydrogens is 325 g/mol. The SMILES string of the molecule is C=CC1(c2ccc(Cl)cc2)C=CC=C(N)C1c1ccc(Cl)cc1. The van der Waals surface area contributed by atoms with Crippen molar-refractivity contribution in [3.63, 3.8) is 0 Å². The molecule has 1 aliphatic carbocycles. The van der Waals surface area contributed by atoms with Gasteiger partial charge in [-0.15, -0.1) is 6.58 Å². The minimum absolute atomic E-state index is 0.0385. The molecule has 0 aromatic heterocycles. The molecule has 3 heteroatoms. The summed E-state index contributed by atoms with van der Waals surface area (Å²) in [6, 6.07) is 15.6. The van der Waals surface area contributed by atoms with Gasteiger partial charge in [0.15, 0.2) is 0 Å². The maximum atomic E-state index is 6.37. The first kappa shape index (κ1) is 15.9. The molecule has 2 aromatic carbocycles. The van der Waals surface area contributed by atoms with Crippen LogP contribution < -0.4 is 5.73 Å². The summed E-state index contributed by atoms with van der Waals surface area (Å²) in [5, 5.41) is 1.41. The molecule has 0 saturated heterocycles. The smallest absolute Gasteiger partial charge is 0.0436 e. The Hall–Kier alpha value is -1.96. The third-order valence-corrected chi connectivity index (χ3v) is 4.86. The molecule has 0 saturated carbocycles. The summed E-state index contributed by atoms with van der Waals surface area (Å²) >= 11 is 12.1. The van der Waals surface area contributed by atoms with Gasteiger partial charge in [0.05, 0.1) is 0 Å². The van der Waals surface area contributed by atoms with Crippen molar-refractivity contribution in [2.24, 2.45) is 5.73 Å². The fourth-order valence-corrected chi connectivity index (χ4v) is 3.47. The molecule has 0 aliphatic heterocycles. The molecule has 0 heterocycles. The predicted molar refractivity (Wildman–Crippen MR) is 98.9 cm³/mol. The molecule has 0 spiro atoms. The normalized spacial score (nSPS) is 23.4. The molecule has 1 nitrogen and oxygen atoms in total. The highest BCUT2D eigenvalue weighted by Gasteiger charge is 2.39. The lowest BCUT2D eigenvalue weighted by molar-refractivity contribution is 0.558. The van der Waals surface area contributed by atoms with Gasteiger partial charge < -0.3 is 5.73 Å². The van der Waals surface area contributed by atoms with Gasteiger partial charge in [-0.3, -0.25) is 0 Å². The Balaban J connectivity index is 2.18. The Labute approximate surface area is 146 Å². The van der Waals surface area contributed by atoms with Crippen LogP contribution in [0.2, 0.25) is 10.0 Å². The van der Waals surface area contributed by atoms with Crippen molar-refractivity contribution in [1.82, 2.24) is 0 Å². The summed E-state index contributed by atoms with van der Waals surface area (Å²) < 4.78 is 0. The number of hydrogen-bond acceptors (Lipinski definition) is 1. The van der Waals surface area contributed by atoms with Crippen LogP contribution in [0.1, 0.15) is 17.0 Å². The van der Waals surface area contributed by atoms with E-state index in [2.05, 4.69) is 12.7 Å². The average molecular weight is 342 g/mol. The van der Waals surface area contributed by atoms with E-state index >= 15 is 0 Å². The summed E-state index contributed by atoms with van der Waals surface area (Å²) in [4.78, 5) is 0. The molecule has 0 bridgehead atoms. The summed E-state index contributed by atoms with van der Waals surface area (Å²) in [5.74, 6) is -0.0385. The van der Waals surface area contributed by atoms with Crippen LogP contribution in [0.3, 0.4) is 0 Å². The Morgan fingerprint density at radius 3 is 2.09 bits per heavy atom. The Kier molecular flexibility index (Phi) is 4.34. The van der Waals surface area contributed by atoms with Crippen LogP contribution in [0.15, 0.2) is 85.1 Å². The molecule has 3 rings (SSSR count). The molecule has 2 atom stereocenters. The maximum Gasteiger partial charge on any atom is 0.0436 e. The van der Waals surface area contributed by atoms with Gasteiger partial charge in [-0.05, 0) is 41.5 Å². The highest BCUT2D eigenvalue weighted by Crippen LogP contribution is 2.46. The van der Waals surface area contributed by atoms with E-state index in [1.165, 1.54) is 0 Å². The molecule has 116 valence electrons. The van der Waals surface area contributed by atoms with E-state index in [1.54, 1.807) is 0 Å². The average Bonchev–Trinajstić information content (AvgIpc) is 2.56. The zero-order valence-corrected chi connectivity index (χ0v) is 14.1. The molecular formula is C20H17Cl2N. The summed E-state index contributed by atoms with van der Waals surface area (Å²) in [7, 11) is 0. The first-order valence-electron chi connectivity index (χ1n) is 7.37. The van der Waals surface area contributed by atoms with Gasteiger partial charge in [0.25, 0.3) is 0 Å². The molecule has 0 radical (unpaired) electrons. The van der Waals surface area contributed by atoms with Gasteiger partial charge in [-0.1, -0.05) is 65.7 Å². The Bertz CT molecular complexity index is 772. The number of rotatable bonds is 3. The molecule has 0 fully saturated rings. The highest BCUT2D eigenvalue weighted by atomic mass is 35.5. The van der Waals surface area contributed by atoms with Crippen LogP contribution in [0.25, 0.3) is 0 Å². The van der Waals surface area contributed by atoms with Crippen LogP contribution in [0, 0.1) is 0 Å². The monoisotopic (exact) mass is 341 g/mol. The van der Waals surface area contributed by atoms with Crippen molar-refractivity contribution in [3.05, 3.63) is 106 Å². The molecule has 2 unspecified atom stereocenters. The fourth-order valence-electron chi connectivity index (χ4n) is 3.22. The molecule has 1 aliphatic rings. The first-order chi connectivity index (χ1) is 11.1. The topological polar surface area (TPSA) is 26.0 Å². The lowest BCUT2D eigenvalue weighted by atomic mass is 9.64. The van der Waals surface area contributed by atoms with Crippen molar-refractivity contribution in [2.45, 2.75) is 11.3 Å². The van der Waals surface area contributed by atoms with Crippen molar-refractivity contribution < 1.29 is 0 Å². The van der Waals surface area contributed by atoms with Gasteiger partial charge >= 0.3 is 0 Å². The van der Waals surface area contributed by atoms with E-state index in [0.717, 1.165) is 16.8 Å². The van der Waals surface area contributed by atoms with Crippen molar-refractivity contribution in [3.8, 4) is 0 Å². The van der Waals surface area contributed by atoms with Gasteiger partial charge in [0, 0.05) is 27.1 Å². The predicted octanol–water partition coefficient (Wildman–Crippen LogP) is 5.61. The lowest BCUT2D eigenvalue weighted by Crippen LogP contribution is -2.34. The zero-order chi connectivity index (χ0) is 16.4. The Morgan fingerprint density at radius 1 is 0.957 bits per heavy atom. The van der Waals surface area contributed by atoms with Crippen molar-refractivity contribution in [2.75, 3.05) is 0 Å². The fraction of sp³-hybridized carbons (Fsp3) is 0.100. The third kappa shape index (κ3) is 2.83. The Morgan fingerprint density at radius 2 is 1.52 bits per heavy atom. The number of nitrogens with two attached hydrogens (primary N) is 1.